The zero-order chi connectivity index (χ0) is 16.6. The van der Waals surface area contributed by atoms with Crippen LogP contribution in [0.4, 0.5) is 0 Å². The lowest BCUT2D eigenvalue weighted by atomic mass is 10.1. The van der Waals surface area contributed by atoms with Crippen molar-refractivity contribution in [3.63, 3.8) is 0 Å². The first-order valence-corrected chi connectivity index (χ1v) is 10.4. The Kier molecular flexibility index (Phi) is 9.41. The minimum atomic E-state index is 0. The Morgan fingerprint density at radius 2 is 1.60 bits per heavy atom. The van der Waals surface area contributed by atoms with Gasteiger partial charge < -0.3 is 10.6 Å². The largest absolute Gasteiger partial charge is 0.370 e. The Labute approximate surface area is 173 Å². The van der Waals surface area contributed by atoms with Gasteiger partial charge in [0.25, 0.3) is 0 Å². The van der Waals surface area contributed by atoms with Gasteiger partial charge in [-0.1, -0.05) is 37.1 Å². The number of hydrogen-bond acceptors (Lipinski definition) is 3. The molecule has 1 aromatic carbocycles. The van der Waals surface area contributed by atoms with Crippen molar-refractivity contribution in [2.24, 2.45) is 10.7 Å². The fraction of sp³-hybridized carbons (Fsp3) is 0.632. The molecule has 6 heteroatoms. The van der Waals surface area contributed by atoms with Crippen LogP contribution in [-0.4, -0.2) is 53.4 Å². The van der Waals surface area contributed by atoms with Crippen LogP contribution in [0.25, 0.3) is 0 Å². The van der Waals surface area contributed by atoms with E-state index in [4.69, 9.17) is 5.73 Å². The summed E-state index contributed by atoms with van der Waals surface area (Å²) in [6.07, 6.45) is 5.43. The van der Waals surface area contributed by atoms with Crippen molar-refractivity contribution in [2.45, 2.75) is 38.8 Å². The second-order valence-electron chi connectivity index (χ2n) is 6.73. The number of hydrogen-bond donors (Lipinski definition) is 1. The number of nitrogens with zero attached hydrogens (tertiary/aromatic N) is 3. The van der Waals surface area contributed by atoms with E-state index in [9.17, 15) is 0 Å². The second kappa shape index (κ2) is 11.3. The average molecular weight is 474 g/mol. The molecule has 2 saturated heterocycles. The van der Waals surface area contributed by atoms with Crippen LogP contribution in [0.3, 0.4) is 0 Å². The third-order valence-corrected chi connectivity index (χ3v) is 5.90. The third-order valence-electron chi connectivity index (χ3n) is 4.96. The predicted molar refractivity (Wildman–Crippen MR) is 120 cm³/mol. The summed E-state index contributed by atoms with van der Waals surface area (Å²) in [4.78, 5) is 9.50. The van der Waals surface area contributed by atoms with Crippen LogP contribution in [0, 0.1) is 0 Å². The number of nitrogens with two attached hydrogens (primary N) is 1. The first-order valence-electron chi connectivity index (χ1n) is 9.25. The normalized spacial score (nSPS) is 20.0. The maximum absolute atomic E-state index is 6.21. The Morgan fingerprint density at radius 3 is 2.28 bits per heavy atom. The molecule has 0 atom stereocenters. The maximum atomic E-state index is 6.21. The van der Waals surface area contributed by atoms with Gasteiger partial charge in [0.1, 0.15) is 0 Å². The van der Waals surface area contributed by atoms with Gasteiger partial charge in [0.2, 0.25) is 0 Å². The summed E-state index contributed by atoms with van der Waals surface area (Å²) in [5.74, 6) is 3.02. The molecule has 0 spiro atoms. The molecular weight excluding hydrogens is 443 g/mol. The highest BCUT2D eigenvalue weighted by Crippen LogP contribution is 2.17. The highest BCUT2D eigenvalue weighted by Gasteiger charge is 2.13. The van der Waals surface area contributed by atoms with Gasteiger partial charge in [-0.3, -0.25) is 4.90 Å². The summed E-state index contributed by atoms with van der Waals surface area (Å²) < 4.78 is 0. The molecular formula is C19H31IN4S. The number of likely N-dealkylation sites (tertiary alicyclic amines) is 1. The smallest absolute Gasteiger partial charge is 0.191 e. The van der Waals surface area contributed by atoms with Gasteiger partial charge in [-0.2, -0.15) is 11.8 Å². The average Bonchev–Trinajstić information content (AvgIpc) is 2.90. The number of halogens is 1. The standard InChI is InChI=1S/C19H30N4S.HI/c20-19(23-11-13-24-14-12-23)21-15-17-7-3-4-8-18(17)16-22-9-5-1-2-6-10-22;/h3-4,7-8H,1-2,5-6,9-16H2,(H2,20,21);1H. The van der Waals surface area contributed by atoms with E-state index in [1.165, 1.54) is 49.9 Å². The lowest BCUT2D eigenvalue weighted by Crippen LogP contribution is -2.42. The Morgan fingerprint density at radius 1 is 0.960 bits per heavy atom. The molecule has 0 bridgehead atoms. The summed E-state index contributed by atoms with van der Waals surface area (Å²) in [6, 6.07) is 8.72. The number of thioether (sulfide) groups is 1. The van der Waals surface area contributed by atoms with E-state index in [1.54, 1.807) is 0 Å². The van der Waals surface area contributed by atoms with Crippen molar-refractivity contribution in [1.82, 2.24) is 9.80 Å². The number of guanidine groups is 1. The molecule has 25 heavy (non-hydrogen) atoms. The summed E-state index contributed by atoms with van der Waals surface area (Å²) in [5, 5.41) is 0. The Hall–Kier alpha value is -0.470. The molecule has 140 valence electrons. The van der Waals surface area contributed by atoms with E-state index in [0.717, 1.165) is 31.1 Å². The highest BCUT2D eigenvalue weighted by atomic mass is 127. The highest BCUT2D eigenvalue weighted by molar-refractivity contribution is 14.0. The van der Waals surface area contributed by atoms with E-state index < -0.39 is 0 Å². The van der Waals surface area contributed by atoms with Crippen LogP contribution in [-0.2, 0) is 13.1 Å². The zero-order valence-electron chi connectivity index (χ0n) is 15.0. The maximum Gasteiger partial charge on any atom is 0.191 e. The van der Waals surface area contributed by atoms with Gasteiger partial charge in [0, 0.05) is 31.1 Å². The summed E-state index contributed by atoms with van der Waals surface area (Å²) in [7, 11) is 0. The van der Waals surface area contributed by atoms with Crippen LogP contribution in [0.15, 0.2) is 29.3 Å². The second-order valence-corrected chi connectivity index (χ2v) is 7.96. The van der Waals surface area contributed by atoms with Crippen LogP contribution in [0.1, 0.15) is 36.8 Å². The molecule has 0 aromatic heterocycles. The van der Waals surface area contributed by atoms with E-state index in [-0.39, 0.29) is 24.0 Å². The van der Waals surface area contributed by atoms with Gasteiger partial charge in [-0.05, 0) is 37.1 Å². The van der Waals surface area contributed by atoms with Gasteiger partial charge in [-0.15, -0.1) is 24.0 Å². The molecule has 4 nitrogen and oxygen atoms in total. The van der Waals surface area contributed by atoms with Crippen molar-refractivity contribution in [3.8, 4) is 0 Å². The summed E-state index contributed by atoms with van der Waals surface area (Å²) >= 11 is 2.00. The topological polar surface area (TPSA) is 44.9 Å². The monoisotopic (exact) mass is 474 g/mol. The molecule has 0 radical (unpaired) electrons. The summed E-state index contributed by atoms with van der Waals surface area (Å²) in [5.41, 5.74) is 8.93. The molecule has 2 fully saturated rings. The van der Waals surface area contributed by atoms with Crippen LogP contribution in [0.2, 0.25) is 0 Å². The number of rotatable bonds is 4. The fourth-order valence-corrected chi connectivity index (χ4v) is 4.36. The lowest BCUT2D eigenvalue weighted by Gasteiger charge is -2.27. The van der Waals surface area contributed by atoms with E-state index in [1.807, 2.05) is 11.8 Å². The Bertz CT molecular complexity index is 538. The van der Waals surface area contributed by atoms with Crippen molar-refractivity contribution >= 4 is 41.7 Å². The van der Waals surface area contributed by atoms with E-state index >= 15 is 0 Å². The van der Waals surface area contributed by atoms with Crippen molar-refractivity contribution < 1.29 is 0 Å². The first-order chi connectivity index (χ1) is 11.8. The van der Waals surface area contributed by atoms with Gasteiger partial charge >= 0.3 is 0 Å². The predicted octanol–water partition coefficient (Wildman–Crippen LogP) is 3.54. The van der Waals surface area contributed by atoms with Crippen molar-refractivity contribution in [2.75, 3.05) is 37.7 Å². The van der Waals surface area contributed by atoms with Gasteiger partial charge in [0.05, 0.1) is 6.54 Å². The van der Waals surface area contributed by atoms with Gasteiger partial charge in [0.15, 0.2) is 5.96 Å². The molecule has 2 aliphatic heterocycles. The molecule has 0 amide bonds. The lowest BCUT2D eigenvalue weighted by molar-refractivity contribution is 0.276. The van der Waals surface area contributed by atoms with Crippen LogP contribution in [0.5, 0.6) is 0 Å². The number of benzene rings is 1. The van der Waals surface area contributed by atoms with E-state index in [2.05, 4.69) is 39.1 Å². The third kappa shape index (κ3) is 6.64. The molecule has 2 aliphatic rings. The minimum Gasteiger partial charge on any atom is -0.370 e. The van der Waals surface area contributed by atoms with Gasteiger partial charge in [-0.25, -0.2) is 4.99 Å². The molecule has 3 rings (SSSR count). The molecule has 2 heterocycles. The Balaban J connectivity index is 0.00000225. The molecule has 0 unspecified atom stereocenters. The molecule has 1 aromatic rings. The van der Waals surface area contributed by atoms with Crippen molar-refractivity contribution in [1.29, 1.82) is 0 Å². The molecule has 2 N–H and O–H groups in total. The quantitative estimate of drug-likeness (QED) is 0.412. The SMILES string of the molecule is I.NC(=NCc1ccccc1CN1CCCCCC1)N1CCSCC1. The minimum absolute atomic E-state index is 0. The van der Waals surface area contributed by atoms with E-state index in [0.29, 0.717) is 12.5 Å². The zero-order valence-corrected chi connectivity index (χ0v) is 18.2. The summed E-state index contributed by atoms with van der Waals surface area (Å²) in [6.45, 7) is 6.24. The molecule has 0 aliphatic carbocycles. The molecule has 0 saturated carbocycles. The number of aliphatic imine (C=N–C) groups is 1. The van der Waals surface area contributed by atoms with Crippen LogP contribution < -0.4 is 5.73 Å². The fourth-order valence-electron chi connectivity index (χ4n) is 3.46. The first kappa shape index (κ1) is 20.8. The van der Waals surface area contributed by atoms with Crippen LogP contribution >= 0.6 is 35.7 Å². The van der Waals surface area contributed by atoms with Crippen molar-refractivity contribution in [3.05, 3.63) is 35.4 Å².